The minimum absolute atomic E-state index is 0.332. The molecule has 0 fully saturated rings. The van der Waals surface area contributed by atoms with Gasteiger partial charge in [-0.15, -0.1) is 11.3 Å². The van der Waals surface area contributed by atoms with Crippen LogP contribution in [0.25, 0.3) is 0 Å². The van der Waals surface area contributed by atoms with E-state index >= 15 is 0 Å². The third-order valence-electron chi connectivity index (χ3n) is 2.00. The Labute approximate surface area is 91.0 Å². The number of hydrogen-bond acceptors (Lipinski definition) is 4. The highest BCUT2D eigenvalue weighted by atomic mass is 32.1. The van der Waals surface area contributed by atoms with E-state index in [1.807, 2.05) is 6.92 Å². The summed E-state index contributed by atoms with van der Waals surface area (Å²) in [5.41, 5.74) is 3.50. The summed E-state index contributed by atoms with van der Waals surface area (Å²) in [6.45, 7) is 2.61. The van der Waals surface area contributed by atoms with Crippen molar-refractivity contribution >= 4 is 17.0 Å². The van der Waals surface area contributed by atoms with Gasteiger partial charge in [-0.3, -0.25) is 4.98 Å². The quantitative estimate of drug-likeness (QED) is 0.869. The lowest BCUT2D eigenvalue weighted by Gasteiger charge is -2.04. The number of thiazole rings is 1. The lowest BCUT2D eigenvalue weighted by molar-refractivity contribution is 0.622. The molecule has 0 aliphatic rings. The van der Waals surface area contributed by atoms with Crippen LogP contribution in [-0.2, 0) is 6.54 Å². The molecule has 2 heterocycles. The summed E-state index contributed by atoms with van der Waals surface area (Å²) >= 11 is 1.59. The van der Waals surface area contributed by atoms with Crippen molar-refractivity contribution in [3.8, 4) is 0 Å². The Morgan fingerprint density at radius 3 is 3.00 bits per heavy atom. The van der Waals surface area contributed by atoms with Crippen LogP contribution in [0, 0.1) is 12.7 Å². The molecule has 0 aromatic carbocycles. The van der Waals surface area contributed by atoms with Crippen molar-refractivity contribution < 1.29 is 4.39 Å². The van der Waals surface area contributed by atoms with Gasteiger partial charge in [0.1, 0.15) is 5.82 Å². The first-order valence-electron chi connectivity index (χ1n) is 4.49. The Bertz CT molecular complexity index is 455. The lowest BCUT2D eigenvalue weighted by atomic mass is 10.3. The summed E-state index contributed by atoms with van der Waals surface area (Å²) in [5.74, 6) is -0.332. The summed E-state index contributed by atoms with van der Waals surface area (Å²) in [5, 5.41) is 3.10. The van der Waals surface area contributed by atoms with Gasteiger partial charge in [-0.05, 0) is 6.92 Å². The second-order valence-corrected chi connectivity index (χ2v) is 4.05. The van der Waals surface area contributed by atoms with Crippen LogP contribution < -0.4 is 5.32 Å². The van der Waals surface area contributed by atoms with Crippen LogP contribution in [0.1, 0.15) is 10.6 Å². The maximum absolute atomic E-state index is 12.8. The van der Waals surface area contributed by atoms with E-state index in [0.29, 0.717) is 12.2 Å². The number of anilines is 1. The normalized spacial score (nSPS) is 10.3. The van der Waals surface area contributed by atoms with Gasteiger partial charge in [-0.2, -0.15) is 0 Å². The molecule has 15 heavy (non-hydrogen) atoms. The van der Waals surface area contributed by atoms with E-state index < -0.39 is 0 Å². The van der Waals surface area contributed by atoms with Gasteiger partial charge < -0.3 is 5.32 Å². The van der Waals surface area contributed by atoms with Crippen LogP contribution in [0.3, 0.4) is 0 Å². The summed E-state index contributed by atoms with van der Waals surface area (Å²) in [6, 6.07) is 1.42. The minimum Gasteiger partial charge on any atom is -0.379 e. The van der Waals surface area contributed by atoms with E-state index in [-0.39, 0.29) is 5.82 Å². The summed E-state index contributed by atoms with van der Waals surface area (Å²) < 4.78 is 12.8. The van der Waals surface area contributed by atoms with E-state index in [0.717, 1.165) is 10.6 Å². The number of nitrogens with zero attached hydrogens (tertiary/aromatic N) is 2. The van der Waals surface area contributed by atoms with Crippen LogP contribution in [0.5, 0.6) is 0 Å². The first-order valence-corrected chi connectivity index (χ1v) is 5.37. The summed E-state index contributed by atoms with van der Waals surface area (Å²) in [7, 11) is 0. The van der Waals surface area contributed by atoms with Crippen molar-refractivity contribution in [1.82, 2.24) is 9.97 Å². The zero-order valence-corrected chi connectivity index (χ0v) is 9.01. The van der Waals surface area contributed by atoms with Crippen LogP contribution in [0.4, 0.5) is 10.1 Å². The SMILES string of the molecule is Cc1ncsc1CNc1cncc(F)c1. The second-order valence-electron chi connectivity index (χ2n) is 3.11. The number of nitrogens with one attached hydrogen (secondary N) is 1. The number of hydrogen-bond donors (Lipinski definition) is 1. The van der Waals surface area contributed by atoms with Crippen molar-refractivity contribution in [2.24, 2.45) is 0 Å². The summed E-state index contributed by atoms with van der Waals surface area (Å²) in [4.78, 5) is 9.04. The third kappa shape index (κ3) is 2.50. The van der Waals surface area contributed by atoms with E-state index in [2.05, 4.69) is 15.3 Å². The van der Waals surface area contributed by atoms with Gasteiger partial charge in [0.05, 0.1) is 35.8 Å². The predicted molar refractivity (Wildman–Crippen MR) is 58.4 cm³/mol. The third-order valence-corrected chi connectivity index (χ3v) is 2.94. The highest BCUT2D eigenvalue weighted by Gasteiger charge is 2.01. The Morgan fingerprint density at radius 1 is 1.47 bits per heavy atom. The average molecular weight is 223 g/mol. The Hall–Kier alpha value is -1.49. The van der Waals surface area contributed by atoms with Crippen LogP contribution in [-0.4, -0.2) is 9.97 Å². The predicted octanol–water partition coefficient (Wildman–Crippen LogP) is 2.60. The van der Waals surface area contributed by atoms with Gasteiger partial charge in [0.15, 0.2) is 0 Å². The van der Waals surface area contributed by atoms with Gasteiger partial charge in [0.25, 0.3) is 0 Å². The van der Waals surface area contributed by atoms with E-state index in [9.17, 15) is 4.39 Å². The fourth-order valence-corrected chi connectivity index (χ4v) is 1.90. The standard InChI is InChI=1S/C10H10FN3S/c1-7-10(15-6-14-7)5-13-9-2-8(11)3-12-4-9/h2-4,6,13H,5H2,1H3. The van der Waals surface area contributed by atoms with Crippen LogP contribution in [0.15, 0.2) is 24.0 Å². The molecule has 0 aliphatic carbocycles. The molecule has 0 aliphatic heterocycles. The highest BCUT2D eigenvalue weighted by Crippen LogP contribution is 2.15. The molecule has 0 saturated heterocycles. The Kier molecular flexibility index (Phi) is 2.91. The largest absolute Gasteiger partial charge is 0.379 e. The molecular weight excluding hydrogens is 213 g/mol. The highest BCUT2D eigenvalue weighted by molar-refractivity contribution is 7.09. The van der Waals surface area contributed by atoms with Gasteiger partial charge >= 0.3 is 0 Å². The van der Waals surface area contributed by atoms with Gasteiger partial charge in [0.2, 0.25) is 0 Å². The molecule has 2 aromatic heterocycles. The molecule has 0 bridgehead atoms. The average Bonchev–Trinajstić information content (AvgIpc) is 2.61. The van der Waals surface area contributed by atoms with E-state index in [1.165, 1.54) is 12.3 Å². The van der Waals surface area contributed by atoms with Crippen molar-refractivity contribution in [2.45, 2.75) is 13.5 Å². The molecule has 0 amide bonds. The fraction of sp³-hybridized carbons (Fsp3) is 0.200. The topological polar surface area (TPSA) is 37.8 Å². The molecule has 0 atom stereocenters. The fourth-order valence-electron chi connectivity index (χ4n) is 1.19. The van der Waals surface area contributed by atoms with Crippen LogP contribution in [0.2, 0.25) is 0 Å². The number of aryl methyl sites for hydroxylation is 1. The molecule has 5 heteroatoms. The molecule has 78 valence electrons. The van der Waals surface area contributed by atoms with Crippen LogP contribution >= 0.6 is 11.3 Å². The van der Waals surface area contributed by atoms with Gasteiger partial charge in [-0.1, -0.05) is 0 Å². The number of pyridine rings is 1. The molecule has 1 N–H and O–H groups in total. The number of halogens is 1. The zero-order valence-electron chi connectivity index (χ0n) is 8.20. The first kappa shape index (κ1) is 10.0. The Morgan fingerprint density at radius 2 is 2.33 bits per heavy atom. The van der Waals surface area contributed by atoms with Crippen molar-refractivity contribution in [3.05, 3.63) is 40.4 Å². The summed E-state index contributed by atoms with van der Waals surface area (Å²) in [6.07, 6.45) is 2.78. The number of aromatic nitrogens is 2. The smallest absolute Gasteiger partial charge is 0.143 e. The lowest BCUT2D eigenvalue weighted by Crippen LogP contribution is -1.99. The molecule has 0 radical (unpaired) electrons. The molecule has 0 spiro atoms. The van der Waals surface area contributed by atoms with Gasteiger partial charge in [0, 0.05) is 10.9 Å². The van der Waals surface area contributed by atoms with Crippen molar-refractivity contribution in [2.75, 3.05) is 5.32 Å². The van der Waals surface area contributed by atoms with Crippen molar-refractivity contribution in [3.63, 3.8) is 0 Å². The molecule has 3 nitrogen and oxygen atoms in total. The number of rotatable bonds is 3. The van der Waals surface area contributed by atoms with E-state index in [4.69, 9.17) is 0 Å². The Balaban J connectivity index is 2.02. The first-order chi connectivity index (χ1) is 7.25. The maximum Gasteiger partial charge on any atom is 0.143 e. The monoisotopic (exact) mass is 223 g/mol. The van der Waals surface area contributed by atoms with E-state index in [1.54, 1.807) is 23.0 Å². The van der Waals surface area contributed by atoms with Gasteiger partial charge in [-0.25, -0.2) is 9.37 Å². The molecule has 2 rings (SSSR count). The van der Waals surface area contributed by atoms with Crippen molar-refractivity contribution in [1.29, 1.82) is 0 Å². The zero-order chi connectivity index (χ0) is 10.7. The maximum atomic E-state index is 12.8. The molecule has 2 aromatic rings. The second kappa shape index (κ2) is 4.35. The molecule has 0 unspecified atom stereocenters. The molecule has 0 saturated carbocycles. The minimum atomic E-state index is -0.332. The molecular formula is C10H10FN3S.